The number of halogens is 2. The minimum Gasteiger partial charge on any atom is -0.320 e. The van der Waals surface area contributed by atoms with E-state index in [0.717, 1.165) is 41.3 Å². The van der Waals surface area contributed by atoms with Crippen LogP contribution in [0.4, 0.5) is 0 Å². The quantitative estimate of drug-likeness (QED) is 0.714. The Bertz CT molecular complexity index is 931. The van der Waals surface area contributed by atoms with E-state index in [1.165, 1.54) is 0 Å². The normalized spacial score (nSPS) is 15.4. The van der Waals surface area contributed by atoms with Gasteiger partial charge in [-0.25, -0.2) is 0 Å². The summed E-state index contributed by atoms with van der Waals surface area (Å²) in [5, 5.41) is 9.96. The van der Waals surface area contributed by atoms with Gasteiger partial charge in [0.25, 0.3) is 0 Å². The Morgan fingerprint density at radius 1 is 1.08 bits per heavy atom. The van der Waals surface area contributed by atoms with Crippen LogP contribution in [0.2, 0.25) is 10.0 Å². The SMILES string of the molecule is Cc1nnc(C2CC2)n1-c1cc(Cl)ccc1C(N)c1ccccc1Cl. The average molecular weight is 373 g/mol. The lowest BCUT2D eigenvalue weighted by Crippen LogP contribution is -2.16. The van der Waals surface area contributed by atoms with Crippen molar-refractivity contribution >= 4 is 23.2 Å². The monoisotopic (exact) mass is 372 g/mol. The van der Waals surface area contributed by atoms with Crippen LogP contribution in [-0.2, 0) is 0 Å². The number of hydrogen-bond acceptors (Lipinski definition) is 3. The summed E-state index contributed by atoms with van der Waals surface area (Å²) in [4.78, 5) is 0. The molecule has 0 spiro atoms. The van der Waals surface area contributed by atoms with Gasteiger partial charge in [0.15, 0.2) is 0 Å². The molecular formula is C19H18Cl2N4. The summed E-state index contributed by atoms with van der Waals surface area (Å²) in [6, 6.07) is 13.0. The molecule has 1 aromatic heterocycles. The number of nitrogens with two attached hydrogens (primary N) is 1. The number of rotatable bonds is 4. The fraction of sp³-hybridized carbons (Fsp3) is 0.263. The third-order valence-corrected chi connectivity index (χ3v) is 5.18. The van der Waals surface area contributed by atoms with E-state index in [-0.39, 0.29) is 6.04 Å². The zero-order valence-electron chi connectivity index (χ0n) is 13.8. The van der Waals surface area contributed by atoms with Gasteiger partial charge in [-0.3, -0.25) is 4.57 Å². The standard InChI is InChI=1S/C19H18Cl2N4/c1-11-23-24-19(12-6-7-12)25(11)17-10-13(20)8-9-15(17)18(22)14-4-2-3-5-16(14)21/h2-5,8-10,12,18H,6-7,22H2,1H3. The summed E-state index contributed by atoms with van der Waals surface area (Å²) in [6.07, 6.45) is 2.29. The molecule has 0 amide bonds. The maximum atomic E-state index is 6.58. The predicted octanol–water partition coefficient (Wildman–Crippen LogP) is 4.81. The Labute approximate surface area is 156 Å². The van der Waals surface area contributed by atoms with E-state index in [1.54, 1.807) is 0 Å². The highest BCUT2D eigenvalue weighted by Crippen LogP contribution is 2.41. The lowest BCUT2D eigenvalue weighted by atomic mass is 9.97. The van der Waals surface area contributed by atoms with Gasteiger partial charge in [-0.1, -0.05) is 47.5 Å². The van der Waals surface area contributed by atoms with Gasteiger partial charge in [0.2, 0.25) is 0 Å². The second kappa shape index (κ2) is 6.45. The Morgan fingerprint density at radius 3 is 2.56 bits per heavy atom. The zero-order chi connectivity index (χ0) is 17.6. The van der Waals surface area contributed by atoms with E-state index in [9.17, 15) is 0 Å². The van der Waals surface area contributed by atoms with Crippen LogP contribution in [-0.4, -0.2) is 14.8 Å². The highest BCUT2D eigenvalue weighted by atomic mass is 35.5. The number of nitrogens with zero attached hydrogens (tertiary/aromatic N) is 3. The van der Waals surface area contributed by atoms with Crippen LogP contribution in [0.25, 0.3) is 5.69 Å². The molecule has 0 bridgehead atoms. The second-order valence-electron chi connectivity index (χ2n) is 6.42. The van der Waals surface area contributed by atoms with Gasteiger partial charge in [0, 0.05) is 16.0 Å². The molecule has 4 nitrogen and oxygen atoms in total. The van der Waals surface area contributed by atoms with Crippen LogP contribution < -0.4 is 5.73 Å². The van der Waals surface area contributed by atoms with Crippen LogP contribution in [0, 0.1) is 6.92 Å². The van der Waals surface area contributed by atoms with Gasteiger partial charge in [-0.15, -0.1) is 10.2 Å². The molecule has 1 aliphatic carbocycles. The molecule has 4 rings (SSSR count). The van der Waals surface area contributed by atoms with Gasteiger partial charge < -0.3 is 5.73 Å². The average Bonchev–Trinajstić information content (AvgIpc) is 3.37. The Morgan fingerprint density at radius 2 is 1.84 bits per heavy atom. The molecule has 0 aliphatic heterocycles. The maximum absolute atomic E-state index is 6.58. The molecule has 0 saturated heterocycles. The van der Waals surface area contributed by atoms with Crippen molar-refractivity contribution in [1.82, 2.24) is 14.8 Å². The Balaban J connectivity index is 1.88. The van der Waals surface area contributed by atoms with Gasteiger partial charge in [0.1, 0.15) is 11.6 Å². The van der Waals surface area contributed by atoms with E-state index in [4.69, 9.17) is 28.9 Å². The number of aromatic nitrogens is 3. The molecule has 1 heterocycles. The number of aryl methyl sites for hydroxylation is 1. The molecule has 2 aromatic carbocycles. The first kappa shape index (κ1) is 16.6. The first-order valence-corrected chi connectivity index (χ1v) is 9.03. The van der Waals surface area contributed by atoms with Crippen LogP contribution in [0.3, 0.4) is 0 Å². The Hall–Kier alpha value is -1.88. The van der Waals surface area contributed by atoms with Crippen molar-refractivity contribution in [2.45, 2.75) is 31.7 Å². The van der Waals surface area contributed by atoms with E-state index in [1.807, 2.05) is 49.4 Å². The summed E-state index contributed by atoms with van der Waals surface area (Å²) in [6.45, 7) is 1.95. The minimum atomic E-state index is -0.366. The molecular weight excluding hydrogens is 355 g/mol. The summed E-state index contributed by atoms with van der Waals surface area (Å²) in [5.41, 5.74) is 9.33. The smallest absolute Gasteiger partial charge is 0.140 e. The van der Waals surface area contributed by atoms with Crippen LogP contribution in [0.15, 0.2) is 42.5 Å². The van der Waals surface area contributed by atoms with E-state index < -0.39 is 0 Å². The lowest BCUT2D eigenvalue weighted by molar-refractivity contribution is 0.813. The minimum absolute atomic E-state index is 0.366. The molecule has 1 aliphatic rings. The molecule has 6 heteroatoms. The summed E-state index contributed by atoms with van der Waals surface area (Å²) >= 11 is 12.7. The fourth-order valence-corrected chi connectivity index (χ4v) is 3.57. The van der Waals surface area contributed by atoms with E-state index >= 15 is 0 Å². The summed E-state index contributed by atoms with van der Waals surface area (Å²) in [7, 11) is 0. The van der Waals surface area contributed by atoms with Crippen molar-refractivity contribution in [3.8, 4) is 5.69 Å². The van der Waals surface area contributed by atoms with Crippen molar-refractivity contribution in [2.75, 3.05) is 0 Å². The molecule has 1 fully saturated rings. The highest BCUT2D eigenvalue weighted by molar-refractivity contribution is 6.31. The molecule has 128 valence electrons. The van der Waals surface area contributed by atoms with E-state index in [2.05, 4.69) is 14.8 Å². The van der Waals surface area contributed by atoms with Crippen molar-refractivity contribution in [3.05, 3.63) is 75.3 Å². The molecule has 1 saturated carbocycles. The van der Waals surface area contributed by atoms with Crippen LogP contribution in [0.1, 0.15) is 47.6 Å². The maximum Gasteiger partial charge on any atom is 0.140 e. The molecule has 0 radical (unpaired) electrons. The largest absolute Gasteiger partial charge is 0.320 e. The first-order valence-electron chi connectivity index (χ1n) is 8.28. The summed E-state index contributed by atoms with van der Waals surface area (Å²) in [5.74, 6) is 2.27. The fourth-order valence-electron chi connectivity index (χ4n) is 3.15. The van der Waals surface area contributed by atoms with Crippen LogP contribution >= 0.6 is 23.2 Å². The highest BCUT2D eigenvalue weighted by Gasteiger charge is 2.31. The van der Waals surface area contributed by atoms with Gasteiger partial charge in [0.05, 0.1) is 11.7 Å². The summed E-state index contributed by atoms with van der Waals surface area (Å²) < 4.78 is 2.08. The molecule has 25 heavy (non-hydrogen) atoms. The third kappa shape index (κ3) is 3.06. The number of hydrogen-bond donors (Lipinski definition) is 1. The van der Waals surface area contributed by atoms with Crippen molar-refractivity contribution in [1.29, 1.82) is 0 Å². The predicted molar refractivity (Wildman–Crippen MR) is 101 cm³/mol. The van der Waals surface area contributed by atoms with Gasteiger partial charge in [-0.2, -0.15) is 0 Å². The third-order valence-electron chi connectivity index (χ3n) is 4.60. The van der Waals surface area contributed by atoms with Crippen LogP contribution in [0.5, 0.6) is 0 Å². The zero-order valence-corrected chi connectivity index (χ0v) is 15.3. The van der Waals surface area contributed by atoms with Crippen molar-refractivity contribution in [3.63, 3.8) is 0 Å². The van der Waals surface area contributed by atoms with Gasteiger partial charge >= 0.3 is 0 Å². The Kier molecular flexibility index (Phi) is 4.28. The molecule has 2 N–H and O–H groups in total. The number of benzene rings is 2. The lowest BCUT2D eigenvalue weighted by Gasteiger charge is -2.20. The first-order chi connectivity index (χ1) is 12.1. The topological polar surface area (TPSA) is 56.7 Å². The molecule has 1 atom stereocenters. The van der Waals surface area contributed by atoms with E-state index in [0.29, 0.717) is 16.0 Å². The molecule has 1 unspecified atom stereocenters. The van der Waals surface area contributed by atoms with Gasteiger partial charge in [-0.05, 0) is 49.1 Å². The second-order valence-corrected chi connectivity index (χ2v) is 7.26. The van der Waals surface area contributed by atoms with Crippen molar-refractivity contribution in [2.24, 2.45) is 5.73 Å². The molecule has 3 aromatic rings. The van der Waals surface area contributed by atoms with Crippen molar-refractivity contribution < 1.29 is 0 Å².